The average molecular weight is 211 g/mol. The standard InChI is InChI=1S/C9H11ClN4/c10-7-5-6(1-2-8(7)11)14-4-3-9(12)13-14/h1-2,5H,3-4,11H2,(H2,12,13). The Morgan fingerprint density at radius 1 is 1.36 bits per heavy atom. The van der Waals surface area contributed by atoms with Crippen LogP contribution in [0.25, 0.3) is 0 Å². The average Bonchev–Trinajstić information content (AvgIpc) is 2.57. The van der Waals surface area contributed by atoms with Crippen LogP contribution in [0, 0.1) is 0 Å². The van der Waals surface area contributed by atoms with Crippen LogP contribution in [0.2, 0.25) is 5.02 Å². The summed E-state index contributed by atoms with van der Waals surface area (Å²) in [5, 5.41) is 6.52. The molecule has 0 bridgehead atoms. The van der Waals surface area contributed by atoms with E-state index < -0.39 is 0 Å². The summed E-state index contributed by atoms with van der Waals surface area (Å²) < 4.78 is 0. The van der Waals surface area contributed by atoms with Gasteiger partial charge < -0.3 is 11.5 Å². The maximum atomic E-state index is 5.90. The Hall–Kier alpha value is -1.42. The molecule has 0 unspecified atom stereocenters. The van der Waals surface area contributed by atoms with Crippen LogP contribution < -0.4 is 16.5 Å². The van der Waals surface area contributed by atoms with Crippen molar-refractivity contribution >= 4 is 28.8 Å². The van der Waals surface area contributed by atoms with E-state index in [1.807, 2.05) is 11.1 Å². The maximum absolute atomic E-state index is 5.90. The Morgan fingerprint density at radius 2 is 2.14 bits per heavy atom. The molecule has 1 aliphatic heterocycles. The van der Waals surface area contributed by atoms with Crippen molar-refractivity contribution in [2.45, 2.75) is 6.42 Å². The predicted molar refractivity (Wildman–Crippen MR) is 59.4 cm³/mol. The molecule has 5 heteroatoms. The molecule has 1 aromatic rings. The number of nitrogens with zero attached hydrogens (tertiary/aromatic N) is 2. The van der Waals surface area contributed by atoms with Crippen LogP contribution in [0.1, 0.15) is 6.42 Å². The highest BCUT2D eigenvalue weighted by Crippen LogP contribution is 2.26. The fourth-order valence-electron chi connectivity index (χ4n) is 1.34. The second-order valence-corrected chi connectivity index (χ2v) is 3.58. The van der Waals surface area contributed by atoms with Gasteiger partial charge in [-0.15, -0.1) is 0 Å². The van der Waals surface area contributed by atoms with Crippen LogP contribution >= 0.6 is 11.6 Å². The number of nitrogens with two attached hydrogens (primary N) is 2. The van der Waals surface area contributed by atoms with Crippen molar-refractivity contribution in [2.24, 2.45) is 10.8 Å². The van der Waals surface area contributed by atoms with Crippen molar-refractivity contribution in [1.29, 1.82) is 0 Å². The van der Waals surface area contributed by atoms with Crippen molar-refractivity contribution in [2.75, 3.05) is 17.3 Å². The molecule has 0 aromatic heterocycles. The summed E-state index contributed by atoms with van der Waals surface area (Å²) in [5.41, 5.74) is 12.7. The Kier molecular flexibility index (Phi) is 2.21. The molecule has 74 valence electrons. The molecule has 0 aliphatic carbocycles. The minimum atomic E-state index is 0.545. The van der Waals surface area contributed by atoms with Crippen molar-refractivity contribution in [3.8, 4) is 0 Å². The van der Waals surface area contributed by atoms with Crippen molar-refractivity contribution in [1.82, 2.24) is 0 Å². The first-order valence-electron chi connectivity index (χ1n) is 4.32. The van der Waals surface area contributed by atoms with Crippen LogP contribution in [0.3, 0.4) is 0 Å². The van der Waals surface area contributed by atoms with E-state index in [-0.39, 0.29) is 0 Å². The number of benzene rings is 1. The highest BCUT2D eigenvalue weighted by Gasteiger charge is 2.13. The van der Waals surface area contributed by atoms with Gasteiger partial charge in [0.2, 0.25) is 0 Å². The third-order valence-electron chi connectivity index (χ3n) is 2.11. The summed E-state index contributed by atoms with van der Waals surface area (Å²) in [6.07, 6.45) is 0.794. The maximum Gasteiger partial charge on any atom is 0.122 e. The Balaban J connectivity index is 2.29. The SMILES string of the molecule is NC1=NN(c2ccc(N)c(Cl)c2)CC1. The summed E-state index contributed by atoms with van der Waals surface area (Å²) >= 11 is 5.90. The van der Waals surface area contributed by atoms with Crippen LogP contribution in [0.4, 0.5) is 11.4 Å². The lowest BCUT2D eigenvalue weighted by Gasteiger charge is -2.13. The summed E-state index contributed by atoms with van der Waals surface area (Å²) in [6.45, 7) is 0.798. The van der Waals surface area contributed by atoms with Gasteiger partial charge in [-0.05, 0) is 18.2 Å². The summed E-state index contributed by atoms with van der Waals surface area (Å²) in [4.78, 5) is 0. The van der Waals surface area contributed by atoms with E-state index in [1.165, 1.54) is 0 Å². The molecule has 1 aliphatic rings. The number of nitrogen functional groups attached to an aromatic ring is 1. The van der Waals surface area contributed by atoms with Gasteiger partial charge in [0.05, 0.1) is 16.4 Å². The number of amidine groups is 1. The second kappa shape index (κ2) is 3.38. The van der Waals surface area contributed by atoms with Gasteiger partial charge in [-0.1, -0.05) is 11.6 Å². The molecule has 14 heavy (non-hydrogen) atoms. The predicted octanol–water partition coefficient (Wildman–Crippen LogP) is 1.40. The fraction of sp³-hybridized carbons (Fsp3) is 0.222. The van der Waals surface area contributed by atoms with E-state index in [9.17, 15) is 0 Å². The zero-order chi connectivity index (χ0) is 10.1. The smallest absolute Gasteiger partial charge is 0.122 e. The number of rotatable bonds is 1. The minimum absolute atomic E-state index is 0.545. The third-order valence-corrected chi connectivity index (χ3v) is 2.44. The monoisotopic (exact) mass is 210 g/mol. The number of halogens is 1. The first-order valence-corrected chi connectivity index (χ1v) is 4.70. The largest absolute Gasteiger partial charge is 0.398 e. The van der Waals surface area contributed by atoms with E-state index >= 15 is 0 Å². The molecular formula is C9H11ClN4. The van der Waals surface area contributed by atoms with E-state index in [1.54, 1.807) is 12.1 Å². The molecule has 0 saturated heterocycles. The van der Waals surface area contributed by atoms with Gasteiger partial charge in [-0.25, -0.2) is 0 Å². The normalized spacial score (nSPS) is 15.8. The van der Waals surface area contributed by atoms with Crippen LogP contribution in [0.5, 0.6) is 0 Å². The zero-order valence-electron chi connectivity index (χ0n) is 7.57. The molecule has 0 saturated carbocycles. The molecule has 0 radical (unpaired) electrons. The van der Waals surface area contributed by atoms with E-state index in [0.717, 1.165) is 18.7 Å². The highest BCUT2D eigenvalue weighted by atomic mass is 35.5. The van der Waals surface area contributed by atoms with E-state index in [2.05, 4.69) is 5.10 Å². The second-order valence-electron chi connectivity index (χ2n) is 3.17. The van der Waals surface area contributed by atoms with Gasteiger partial charge in [0.1, 0.15) is 5.84 Å². The molecule has 4 nitrogen and oxygen atoms in total. The van der Waals surface area contributed by atoms with Gasteiger partial charge >= 0.3 is 0 Å². The van der Waals surface area contributed by atoms with Gasteiger partial charge in [0.15, 0.2) is 0 Å². The van der Waals surface area contributed by atoms with Gasteiger partial charge in [-0.2, -0.15) is 5.10 Å². The number of hydrazone groups is 1. The van der Waals surface area contributed by atoms with Crippen molar-refractivity contribution < 1.29 is 0 Å². The number of anilines is 2. The quantitative estimate of drug-likeness (QED) is 0.689. The first kappa shape index (κ1) is 9.15. The van der Waals surface area contributed by atoms with E-state index in [0.29, 0.717) is 16.5 Å². The van der Waals surface area contributed by atoms with Gasteiger partial charge in [-0.3, -0.25) is 5.01 Å². The van der Waals surface area contributed by atoms with E-state index in [4.69, 9.17) is 23.1 Å². The van der Waals surface area contributed by atoms with Crippen molar-refractivity contribution in [3.63, 3.8) is 0 Å². The summed E-state index contributed by atoms with van der Waals surface area (Å²) in [6, 6.07) is 5.43. The number of hydrogen-bond donors (Lipinski definition) is 2. The Bertz CT molecular complexity index is 388. The first-order chi connectivity index (χ1) is 6.66. The molecule has 1 aromatic carbocycles. The molecule has 0 atom stereocenters. The Morgan fingerprint density at radius 3 is 2.71 bits per heavy atom. The Labute approximate surface area is 87.1 Å². The molecular weight excluding hydrogens is 200 g/mol. The van der Waals surface area contributed by atoms with Gasteiger partial charge in [0, 0.05) is 13.0 Å². The topological polar surface area (TPSA) is 67.6 Å². The summed E-state index contributed by atoms with van der Waals surface area (Å²) in [7, 11) is 0. The molecule has 1 heterocycles. The van der Waals surface area contributed by atoms with Gasteiger partial charge in [0.25, 0.3) is 0 Å². The summed E-state index contributed by atoms with van der Waals surface area (Å²) in [5.74, 6) is 0.651. The fourth-order valence-corrected chi connectivity index (χ4v) is 1.51. The molecule has 0 spiro atoms. The lowest BCUT2D eigenvalue weighted by atomic mass is 10.2. The lowest BCUT2D eigenvalue weighted by molar-refractivity contribution is 0.922. The zero-order valence-corrected chi connectivity index (χ0v) is 8.33. The number of hydrogen-bond acceptors (Lipinski definition) is 4. The van der Waals surface area contributed by atoms with Crippen molar-refractivity contribution in [3.05, 3.63) is 23.2 Å². The molecule has 0 amide bonds. The highest BCUT2D eigenvalue weighted by molar-refractivity contribution is 6.33. The van der Waals surface area contributed by atoms with Crippen LogP contribution in [-0.4, -0.2) is 12.4 Å². The third kappa shape index (κ3) is 1.61. The lowest BCUT2D eigenvalue weighted by Crippen LogP contribution is -2.11. The van der Waals surface area contributed by atoms with Crippen LogP contribution in [0.15, 0.2) is 23.3 Å². The minimum Gasteiger partial charge on any atom is -0.398 e. The molecule has 4 N–H and O–H groups in total. The van der Waals surface area contributed by atoms with Crippen LogP contribution in [-0.2, 0) is 0 Å². The molecule has 0 fully saturated rings. The molecule has 2 rings (SSSR count).